The summed E-state index contributed by atoms with van der Waals surface area (Å²) < 4.78 is 29.1. The van der Waals surface area contributed by atoms with Gasteiger partial charge >= 0.3 is 0 Å². The van der Waals surface area contributed by atoms with E-state index < -0.39 is 11.5 Å². The molecule has 2 aromatic carbocycles. The molecule has 3 rings (SSSR count). The predicted octanol–water partition coefficient (Wildman–Crippen LogP) is 8.19. The molecule has 2 aromatic rings. The van der Waals surface area contributed by atoms with E-state index in [0.717, 1.165) is 30.4 Å². The molecular weight excluding hydrogens is 532 g/mol. The number of ether oxygens (including phenoxy) is 5. The molecule has 1 aliphatic rings. The Kier molecular flexibility index (Phi) is 14.4. The minimum Gasteiger partial charge on any atom is -0.510 e. The molecule has 7 heteroatoms. The van der Waals surface area contributed by atoms with Crippen molar-refractivity contribution in [2.45, 2.75) is 89.9 Å². The zero-order valence-electron chi connectivity index (χ0n) is 25.8. The van der Waals surface area contributed by atoms with Crippen LogP contribution in [0.15, 0.2) is 72.5 Å². The first-order valence-corrected chi connectivity index (χ1v) is 15.3. The second kappa shape index (κ2) is 18.0. The summed E-state index contributed by atoms with van der Waals surface area (Å²) in [5, 5.41) is 22.6. The van der Waals surface area contributed by atoms with Crippen LogP contribution in [0.2, 0.25) is 0 Å². The number of phenolic OH excluding ortho intramolecular Hbond substituents is 1. The van der Waals surface area contributed by atoms with Crippen LogP contribution in [-0.4, -0.2) is 50.2 Å². The van der Waals surface area contributed by atoms with E-state index in [1.807, 2.05) is 36.4 Å². The van der Waals surface area contributed by atoms with Crippen LogP contribution >= 0.6 is 0 Å². The summed E-state index contributed by atoms with van der Waals surface area (Å²) in [5.41, 5.74) is 0.977. The minimum atomic E-state index is -0.837. The van der Waals surface area contributed by atoms with Crippen LogP contribution in [0.4, 0.5) is 0 Å². The van der Waals surface area contributed by atoms with Crippen molar-refractivity contribution in [2.24, 2.45) is 5.41 Å². The maximum Gasteiger partial charge on any atom is 0.188 e. The maximum absolute atomic E-state index is 11.3. The van der Waals surface area contributed by atoms with E-state index in [1.165, 1.54) is 25.7 Å². The van der Waals surface area contributed by atoms with Crippen molar-refractivity contribution < 1.29 is 33.9 Å². The van der Waals surface area contributed by atoms with Gasteiger partial charge in [0.1, 0.15) is 30.2 Å². The molecule has 4 atom stereocenters. The SMILES string of the molecule is CCCCCCCCC(OCc1ccccc1)C1(C(CC)c2ccc(OCOC)cc2O)C=CC=C(O)C1OCOC. The van der Waals surface area contributed by atoms with Gasteiger partial charge in [0, 0.05) is 26.2 Å². The van der Waals surface area contributed by atoms with E-state index >= 15 is 0 Å². The first kappa shape index (κ1) is 33.7. The molecule has 0 saturated carbocycles. The van der Waals surface area contributed by atoms with Crippen molar-refractivity contribution in [1.82, 2.24) is 0 Å². The first-order valence-electron chi connectivity index (χ1n) is 15.3. The Morgan fingerprint density at radius 2 is 1.62 bits per heavy atom. The van der Waals surface area contributed by atoms with Gasteiger partial charge < -0.3 is 33.9 Å². The van der Waals surface area contributed by atoms with E-state index in [9.17, 15) is 10.2 Å². The smallest absolute Gasteiger partial charge is 0.188 e. The van der Waals surface area contributed by atoms with E-state index in [2.05, 4.69) is 32.1 Å². The van der Waals surface area contributed by atoms with Crippen LogP contribution in [0, 0.1) is 5.41 Å². The molecule has 0 bridgehead atoms. The first-order chi connectivity index (χ1) is 20.5. The standard InChI is InChI=1S/C35H50O7/c1-5-7-8-9-10-14-19-33(40-24-27-16-12-11-13-17-27)35(22-15-18-31(36)34(35)42-26-39-4)30(6-2)29-21-20-28(23-32(29)37)41-25-38-3/h11-13,15-18,20-23,30,33-34,36-37H,5-10,14,19,24-26H2,1-4H3. The van der Waals surface area contributed by atoms with Gasteiger partial charge in [0.2, 0.25) is 0 Å². The Bertz CT molecular complexity index is 1100. The van der Waals surface area contributed by atoms with Gasteiger partial charge in [0.15, 0.2) is 6.79 Å². The molecule has 0 fully saturated rings. The molecule has 1 aliphatic carbocycles. The van der Waals surface area contributed by atoms with Gasteiger partial charge in [-0.3, -0.25) is 0 Å². The van der Waals surface area contributed by atoms with Crippen LogP contribution < -0.4 is 4.74 Å². The van der Waals surface area contributed by atoms with Crippen molar-refractivity contribution in [3.05, 3.63) is 83.6 Å². The summed E-state index contributed by atoms with van der Waals surface area (Å²) in [5.74, 6) is 0.483. The summed E-state index contributed by atoms with van der Waals surface area (Å²) in [6, 6.07) is 15.5. The molecule has 2 N–H and O–H groups in total. The highest BCUT2D eigenvalue weighted by molar-refractivity contribution is 5.45. The zero-order chi connectivity index (χ0) is 30.2. The van der Waals surface area contributed by atoms with Crippen LogP contribution in [0.1, 0.15) is 82.3 Å². The van der Waals surface area contributed by atoms with Crippen LogP contribution in [-0.2, 0) is 25.6 Å². The van der Waals surface area contributed by atoms with Gasteiger partial charge in [-0.05, 0) is 36.1 Å². The van der Waals surface area contributed by atoms with E-state index in [4.69, 9.17) is 23.7 Å². The van der Waals surface area contributed by atoms with Gasteiger partial charge in [-0.25, -0.2) is 0 Å². The molecule has 0 spiro atoms. The van der Waals surface area contributed by atoms with Crippen molar-refractivity contribution in [3.63, 3.8) is 0 Å². The third-order valence-corrected chi connectivity index (χ3v) is 8.13. The third kappa shape index (κ3) is 8.83. The maximum atomic E-state index is 11.3. The highest BCUT2D eigenvalue weighted by Crippen LogP contribution is 2.54. The van der Waals surface area contributed by atoms with Gasteiger partial charge in [-0.1, -0.05) is 101 Å². The van der Waals surface area contributed by atoms with Gasteiger partial charge in [0.25, 0.3) is 0 Å². The van der Waals surface area contributed by atoms with Crippen molar-refractivity contribution in [2.75, 3.05) is 27.8 Å². The lowest BCUT2D eigenvalue weighted by Gasteiger charge is -2.49. The summed E-state index contributed by atoms with van der Waals surface area (Å²) in [6.07, 6.45) is 13.0. The third-order valence-electron chi connectivity index (χ3n) is 8.13. The molecule has 42 heavy (non-hydrogen) atoms. The molecular formula is C35H50O7. The number of rotatable bonds is 20. The number of unbranched alkanes of at least 4 members (excludes halogenated alkanes) is 5. The summed E-state index contributed by atoms with van der Waals surface area (Å²) >= 11 is 0. The fourth-order valence-corrected chi connectivity index (χ4v) is 6.15. The van der Waals surface area contributed by atoms with E-state index in [-0.39, 0.29) is 37.1 Å². The molecule has 0 radical (unpaired) electrons. The Morgan fingerprint density at radius 1 is 0.881 bits per heavy atom. The molecule has 7 nitrogen and oxygen atoms in total. The Morgan fingerprint density at radius 3 is 2.31 bits per heavy atom. The second-order valence-corrected chi connectivity index (χ2v) is 11.0. The molecule has 232 valence electrons. The van der Waals surface area contributed by atoms with Crippen LogP contribution in [0.5, 0.6) is 11.5 Å². The monoisotopic (exact) mass is 582 g/mol. The summed E-state index contributed by atoms with van der Waals surface area (Å²) in [7, 11) is 3.13. The van der Waals surface area contributed by atoms with Crippen molar-refractivity contribution >= 4 is 0 Å². The molecule has 0 aliphatic heterocycles. The lowest BCUT2D eigenvalue weighted by molar-refractivity contribution is -0.156. The van der Waals surface area contributed by atoms with Crippen LogP contribution in [0.25, 0.3) is 0 Å². The largest absolute Gasteiger partial charge is 0.510 e. The number of aromatic hydroxyl groups is 1. The minimum absolute atomic E-state index is 0.00674. The quantitative estimate of drug-likeness (QED) is 0.120. The van der Waals surface area contributed by atoms with Gasteiger partial charge in [-0.15, -0.1) is 0 Å². The Hall–Kier alpha value is -2.84. The lowest BCUT2D eigenvalue weighted by atomic mass is 9.60. The fourth-order valence-electron chi connectivity index (χ4n) is 6.15. The topological polar surface area (TPSA) is 86.6 Å². The number of phenols is 1. The fraction of sp³-hybridized carbons (Fsp3) is 0.543. The zero-order valence-corrected chi connectivity index (χ0v) is 25.8. The highest BCUT2D eigenvalue weighted by Gasteiger charge is 2.53. The molecule has 0 heterocycles. The van der Waals surface area contributed by atoms with Crippen molar-refractivity contribution in [3.8, 4) is 11.5 Å². The van der Waals surface area contributed by atoms with Gasteiger partial charge in [-0.2, -0.15) is 0 Å². The summed E-state index contributed by atoms with van der Waals surface area (Å²) in [4.78, 5) is 0. The Balaban J connectivity index is 2.07. The number of hydrogen-bond donors (Lipinski definition) is 2. The van der Waals surface area contributed by atoms with Gasteiger partial charge in [0.05, 0.1) is 18.1 Å². The average molecular weight is 583 g/mol. The molecule has 0 aromatic heterocycles. The number of benzene rings is 2. The average Bonchev–Trinajstić information content (AvgIpc) is 3.00. The Labute approximate surface area is 252 Å². The number of hydrogen-bond acceptors (Lipinski definition) is 7. The number of methoxy groups -OCH3 is 2. The lowest BCUT2D eigenvalue weighted by Crippen LogP contribution is -2.52. The highest BCUT2D eigenvalue weighted by atomic mass is 16.7. The molecule has 4 unspecified atom stereocenters. The number of allylic oxidation sites excluding steroid dienone is 2. The molecule has 0 saturated heterocycles. The van der Waals surface area contributed by atoms with Crippen LogP contribution in [0.3, 0.4) is 0 Å². The van der Waals surface area contributed by atoms with Crippen molar-refractivity contribution in [1.29, 1.82) is 0 Å². The molecule has 0 amide bonds. The number of aliphatic hydroxyl groups is 1. The second-order valence-electron chi connectivity index (χ2n) is 11.0. The van der Waals surface area contributed by atoms with E-state index in [0.29, 0.717) is 18.8 Å². The normalized spacial score (nSPS) is 19.8. The number of aliphatic hydroxyl groups excluding tert-OH is 1. The predicted molar refractivity (Wildman–Crippen MR) is 166 cm³/mol. The summed E-state index contributed by atoms with van der Waals surface area (Å²) in [6.45, 7) is 4.83. The van der Waals surface area contributed by atoms with E-state index in [1.54, 1.807) is 26.4 Å².